The van der Waals surface area contributed by atoms with E-state index in [1.54, 1.807) is 0 Å². The summed E-state index contributed by atoms with van der Waals surface area (Å²) >= 11 is 0. The first-order chi connectivity index (χ1) is 8.95. The van der Waals surface area contributed by atoms with Crippen LogP contribution in [0.2, 0.25) is 0 Å². The van der Waals surface area contributed by atoms with Gasteiger partial charge in [-0.1, -0.05) is 0 Å². The minimum atomic E-state index is -4.72. The quantitative estimate of drug-likeness (QED) is 0.685. The van der Waals surface area contributed by atoms with E-state index >= 15 is 0 Å². The van der Waals surface area contributed by atoms with Crippen LogP contribution in [0.4, 0.5) is 23.2 Å². The number of sulfonamides is 1. The Labute approximate surface area is 114 Å². The molecule has 0 saturated heterocycles. The molecule has 0 fully saturated rings. The monoisotopic (exact) mass is 314 g/mol. The smallest absolute Gasteiger partial charge is 0.399 e. The molecule has 4 nitrogen and oxygen atoms in total. The highest BCUT2D eigenvalue weighted by molar-refractivity contribution is 7.89. The molecule has 0 spiro atoms. The first-order valence-corrected chi connectivity index (χ1v) is 7.03. The molecule has 0 aromatic heterocycles. The van der Waals surface area contributed by atoms with E-state index in [9.17, 15) is 26.0 Å². The van der Waals surface area contributed by atoms with Gasteiger partial charge in [0.25, 0.3) is 0 Å². The van der Waals surface area contributed by atoms with Crippen molar-refractivity contribution in [1.82, 2.24) is 4.31 Å². The van der Waals surface area contributed by atoms with Gasteiger partial charge in [-0.15, -0.1) is 0 Å². The Kier molecular flexibility index (Phi) is 4.65. The van der Waals surface area contributed by atoms with Crippen LogP contribution in [-0.4, -0.2) is 31.5 Å². The molecular formula is C11H14F4N2O2S. The normalized spacial score (nSPS) is 13.2. The van der Waals surface area contributed by atoms with Crippen LogP contribution in [0, 0.1) is 5.82 Å². The second kappa shape index (κ2) is 5.57. The van der Waals surface area contributed by atoms with Crippen molar-refractivity contribution in [2.45, 2.75) is 31.0 Å². The SMILES string of the molecule is CC(C)N(CC(F)(F)F)S(=O)(=O)c1ccc(N)cc1F. The zero-order chi connectivity index (χ0) is 15.7. The fourth-order valence-corrected chi connectivity index (χ4v) is 3.24. The molecule has 9 heteroatoms. The van der Waals surface area contributed by atoms with Gasteiger partial charge < -0.3 is 5.73 Å². The largest absolute Gasteiger partial charge is 0.402 e. The third-order valence-electron chi connectivity index (χ3n) is 2.45. The first-order valence-electron chi connectivity index (χ1n) is 5.59. The van der Waals surface area contributed by atoms with Crippen molar-refractivity contribution in [3.8, 4) is 0 Å². The average molecular weight is 314 g/mol. The van der Waals surface area contributed by atoms with E-state index in [1.807, 2.05) is 0 Å². The number of nitrogen functional groups attached to an aromatic ring is 1. The van der Waals surface area contributed by atoms with E-state index in [0.717, 1.165) is 18.2 Å². The Hall–Kier alpha value is -1.35. The Bertz CT molecular complexity index is 585. The van der Waals surface area contributed by atoms with E-state index in [1.165, 1.54) is 13.8 Å². The third-order valence-corrected chi connectivity index (χ3v) is 4.51. The first kappa shape index (κ1) is 16.7. The lowest BCUT2D eigenvalue weighted by atomic mass is 10.3. The predicted octanol–water partition coefficient (Wildman–Crippen LogP) is 2.37. The minimum Gasteiger partial charge on any atom is -0.399 e. The van der Waals surface area contributed by atoms with Crippen LogP contribution >= 0.6 is 0 Å². The Morgan fingerprint density at radius 3 is 2.25 bits per heavy atom. The van der Waals surface area contributed by atoms with Crippen molar-refractivity contribution in [1.29, 1.82) is 0 Å². The fraction of sp³-hybridized carbons (Fsp3) is 0.455. The van der Waals surface area contributed by atoms with Crippen LogP contribution in [-0.2, 0) is 10.0 Å². The van der Waals surface area contributed by atoms with Crippen molar-refractivity contribution in [2.75, 3.05) is 12.3 Å². The Morgan fingerprint density at radius 2 is 1.85 bits per heavy atom. The van der Waals surface area contributed by atoms with E-state index in [0.29, 0.717) is 0 Å². The molecule has 0 unspecified atom stereocenters. The fourth-order valence-electron chi connectivity index (χ4n) is 1.57. The molecule has 20 heavy (non-hydrogen) atoms. The number of halogens is 4. The zero-order valence-electron chi connectivity index (χ0n) is 10.8. The van der Waals surface area contributed by atoms with Gasteiger partial charge in [0.15, 0.2) is 0 Å². The Morgan fingerprint density at radius 1 is 1.30 bits per heavy atom. The molecule has 0 radical (unpaired) electrons. The van der Waals surface area contributed by atoms with Crippen LogP contribution in [0.5, 0.6) is 0 Å². The molecule has 0 heterocycles. The molecule has 0 aliphatic rings. The van der Waals surface area contributed by atoms with Gasteiger partial charge in [0, 0.05) is 11.7 Å². The molecule has 1 aromatic rings. The van der Waals surface area contributed by atoms with Crippen LogP contribution in [0.15, 0.2) is 23.1 Å². The van der Waals surface area contributed by atoms with Gasteiger partial charge in [0.05, 0.1) is 0 Å². The van der Waals surface area contributed by atoms with E-state index in [4.69, 9.17) is 5.73 Å². The van der Waals surface area contributed by atoms with Crippen LogP contribution in [0.1, 0.15) is 13.8 Å². The van der Waals surface area contributed by atoms with Gasteiger partial charge in [-0.05, 0) is 32.0 Å². The van der Waals surface area contributed by atoms with Crippen molar-refractivity contribution < 1.29 is 26.0 Å². The molecule has 1 rings (SSSR count). The summed E-state index contributed by atoms with van der Waals surface area (Å²) < 4.78 is 75.5. The summed E-state index contributed by atoms with van der Waals surface area (Å²) in [5.74, 6) is -1.18. The topological polar surface area (TPSA) is 63.4 Å². The molecule has 2 N–H and O–H groups in total. The van der Waals surface area contributed by atoms with Crippen LogP contribution < -0.4 is 5.73 Å². The second-order valence-corrected chi connectivity index (χ2v) is 6.31. The summed E-state index contributed by atoms with van der Waals surface area (Å²) in [6.07, 6.45) is -4.72. The van der Waals surface area contributed by atoms with E-state index in [2.05, 4.69) is 0 Å². The minimum absolute atomic E-state index is 0.0200. The molecule has 0 saturated carbocycles. The zero-order valence-corrected chi connectivity index (χ0v) is 11.6. The Balaban J connectivity index is 3.30. The maximum absolute atomic E-state index is 13.6. The van der Waals surface area contributed by atoms with Crippen LogP contribution in [0.3, 0.4) is 0 Å². The molecule has 0 bridgehead atoms. The highest BCUT2D eigenvalue weighted by Gasteiger charge is 2.39. The second-order valence-electron chi connectivity index (χ2n) is 4.45. The number of alkyl halides is 3. The van der Waals surface area contributed by atoms with Crippen LogP contribution in [0.25, 0.3) is 0 Å². The van der Waals surface area contributed by atoms with Gasteiger partial charge in [0.1, 0.15) is 17.3 Å². The molecule has 0 aliphatic heterocycles. The number of anilines is 1. The average Bonchev–Trinajstić information content (AvgIpc) is 2.23. The van der Waals surface area contributed by atoms with Gasteiger partial charge in [-0.2, -0.15) is 17.5 Å². The van der Waals surface area contributed by atoms with E-state index < -0.39 is 39.5 Å². The standard InChI is InChI=1S/C11H14F4N2O2S/c1-7(2)17(6-11(13,14)15)20(18,19)10-4-3-8(16)5-9(10)12/h3-5,7H,6,16H2,1-2H3. The highest BCUT2D eigenvalue weighted by atomic mass is 32.2. The summed E-state index contributed by atoms with van der Waals surface area (Å²) in [6, 6.07) is 1.74. The van der Waals surface area contributed by atoms with Crippen molar-refractivity contribution in [3.63, 3.8) is 0 Å². The number of nitrogens with zero attached hydrogens (tertiary/aromatic N) is 1. The molecule has 1 aromatic carbocycles. The lowest BCUT2D eigenvalue weighted by Crippen LogP contribution is -2.43. The summed E-state index contributed by atoms with van der Waals surface area (Å²) in [4.78, 5) is -0.829. The molecule has 0 atom stereocenters. The maximum Gasteiger partial charge on any atom is 0.402 e. The van der Waals surface area contributed by atoms with E-state index in [-0.39, 0.29) is 9.99 Å². The molecule has 114 valence electrons. The number of hydrogen-bond acceptors (Lipinski definition) is 3. The molecular weight excluding hydrogens is 300 g/mol. The maximum atomic E-state index is 13.6. The van der Waals surface area contributed by atoms with Gasteiger partial charge in [-0.25, -0.2) is 12.8 Å². The van der Waals surface area contributed by atoms with Crippen molar-refractivity contribution in [3.05, 3.63) is 24.0 Å². The van der Waals surface area contributed by atoms with Gasteiger partial charge >= 0.3 is 6.18 Å². The number of nitrogens with two attached hydrogens (primary N) is 1. The third kappa shape index (κ3) is 3.83. The lowest BCUT2D eigenvalue weighted by Gasteiger charge is -2.27. The summed E-state index contributed by atoms with van der Waals surface area (Å²) in [5.41, 5.74) is 5.26. The predicted molar refractivity (Wildman–Crippen MR) is 65.9 cm³/mol. The number of hydrogen-bond donors (Lipinski definition) is 1. The van der Waals surface area contributed by atoms with Gasteiger partial charge in [0.2, 0.25) is 10.0 Å². The molecule has 0 amide bonds. The van der Waals surface area contributed by atoms with Gasteiger partial charge in [-0.3, -0.25) is 0 Å². The lowest BCUT2D eigenvalue weighted by molar-refractivity contribution is -0.138. The summed E-state index contributed by atoms with van der Waals surface area (Å²) in [7, 11) is -4.60. The number of benzene rings is 1. The summed E-state index contributed by atoms with van der Waals surface area (Å²) in [6.45, 7) is 0.869. The number of rotatable bonds is 4. The van der Waals surface area contributed by atoms with Crippen molar-refractivity contribution >= 4 is 15.7 Å². The highest BCUT2D eigenvalue weighted by Crippen LogP contribution is 2.26. The van der Waals surface area contributed by atoms with Crippen molar-refractivity contribution in [2.24, 2.45) is 0 Å². The summed E-state index contributed by atoms with van der Waals surface area (Å²) in [5, 5.41) is 0. The molecule has 0 aliphatic carbocycles.